The normalized spacial score (nSPS) is 18.9. The standard InChI is InChI=1S/C15H18N4O2/c1-2-14(20)13-5-3-4-8-19(13)15(21)10-6-7-11-12(9-10)17-18-16-11/h6-7,9,13H,2-5,8H2,1H3,(H,16,17,18). The van der Waals surface area contributed by atoms with Crippen molar-refractivity contribution >= 4 is 22.7 Å². The lowest BCUT2D eigenvalue weighted by molar-refractivity contribution is -0.124. The van der Waals surface area contributed by atoms with Gasteiger partial charge < -0.3 is 4.90 Å². The Morgan fingerprint density at radius 1 is 1.29 bits per heavy atom. The highest BCUT2D eigenvalue weighted by molar-refractivity contribution is 6.00. The zero-order valence-electron chi connectivity index (χ0n) is 12.0. The second-order valence-electron chi connectivity index (χ2n) is 5.36. The summed E-state index contributed by atoms with van der Waals surface area (Å²) in [6.45, 7) is 2.49. The van der Waals surface area contributed by atoms with E-state index < -0.39 is 0 Å². The molecule has 2 aromatic rings. The van der Waals surface area contributed by atoms with Gasteiger partial charge in [-0.1, -0.05) is 6.92 Å². The summed E-state index contributed by atoms with van der Waals surface area (Å²) < 4.78 is 0. The number of nitrogens with one attached hydrogen (secondary N) is 1. The minimum atomic E-state index is -0.274. The van der Waals surface area contributed by atoms with Gasteiger partial charge >= 0.3 is 0 Å². The number of aromatic amines is 1. The van der Waals surface area contributed by atoms with Crippen molar-refractivity contribution < 1.29 is 9.59 Å². The number of ketones is 1. The van der Waals surface area contributed by atoms with Gasteiger partial charge in [0, 0.05) is 18.5 Å². The van der Waals surface area contributed by atoms with Gasteiger partial charge in [0.05, 0.1) is 6.04 Å². The third-order valence-corrected chi connectivity index (χ3v) is 4.05. The molecular weight excluding hydrogens is 268 g/mol. The summed E-state index contributed by atoms with van der Waals surface area (Å²) in [6.07, 6.45) is 3.19. The predicted octanol–water partition coefficient (Wildman–Crippen LogP) is 1.93. The number of carbonyl (C=O) groups excluding carboxylic acids is 2. The lowest BCUT2D eigenvalue weighted by Crippen LogP contribution is -2.47. The largest absolute Gasteiger partial charge is 0.329 e. The van der Waals surface area contributed by atoms with Crippen molar-refractivity contribution in [3.8, 4) is 0 Å². The molecular formula is C15H18N4O2. The molecule has 1 aromatic heterocycles. The van der Waals surface area contributed by atoms with Crippen LogP contribution in [-0.2, 0) is 4.79 Å². The van der Waals surface area contributed by atoms with Crippen molar-refractivity contribution in [2.24, 2.45) is 0 Å². The number of rotatable bonds is 3. The van der Waals surface area contributed by atoms with Crippen molar-refractivity contribution in [1.82, 2.24) is 20.3 Å². The Bertz CT molecular complexity index is 679. The van der Waals surface area contributed by atoms with E-state index in [1.807, 2.05) is 6.92 Å². The Kier molecular flexibility index (Phi) is 3.68. The number of benzene rings is 1. The van der Waals surface area contributed by atoms with Gasteiger partial charge in [-0.15, -0.1) is 0 Å². The molecule has 1 amide bonds. The fourth-order valence-corrected chi connectivity index (χ4v) is 2.88. The first-order valence-corrected chi connectivity index (χ1v) is 7.35. The van der Waals surface area contributed by atoms with E-state index in [0.717, 1.165) is 24.8 Å². The maximum absolute atomic E-state index is 12.7. The zero-order chi connectivity index (χ0) is 14.8. The molecule has 21 heavy (non-hydrogen) atoms. The highest BCUT2D eigenvalue weighted by Gasteiger charge is 2.31. The molecule has 6 heteroatoms. The lowest BCUT2D eigenvalue weighted by atomic mass is 9.96. The maximum Gasteiger partial charge on any atom is 0.254 e. The van der Waals surface area contributed by atoms with Crippen molar-refractivity contribution in [2.45, 2.75) is 38.6 Å². The molecule has 3 rings (SSSR count). The fraction of sp³-hybridized carbons (Fsp3) is 0.467. The van der Waals surface area contributed by atoms with Crippen LogP contribution >= 0.6 is 0 Å². The van der Waals surface area contributed by atoms with Crippen LogP contribution in [-0.4, -0.2) is 44.6 Å². The van der Waals surface area contributed by atoms with Crippen LogP contribution in [0.3, 0.4) is 0 Å². The molecule has 1 saturated heterocycles. The summed E-state index contributed by atoms with van der Waals surface area (Å²) in [7, 11) is 0. The van der Waals surface area contributed by atoms with Crippen LogP contribution in [0.25, 0.3) is 11.0 Å². The summed E-state index contributed by atoms with van der Waals surface area (Å²) in [5.74, 6) is 0.0527. The maximum atomic E-state index is 12.7. The van der Waals surface area contributed by atoms with Crippen molar-refractivity contribution in [2.75, 3.05) is 6.54 Å². The number of aromatic nitrogens is 3. The summed E-state index contributed by atoms with van der Waals surface area (Å²) in [5.41, 5.74) is 1.95. The molecule has 1 N–H and O–H groups in total. The van der Waals surface area contributed by atoms with Crippen LogP contribution in [0, 0.1) is 0 Å². The van der Waals surface area contributed by atoms with Crippen LogP contribution in [0.4, 0.5) is 0 Å². The van der Waals surface area contributed by atoms with Gasteiger partial charge in [-0.3, -0.25) is 9.59 Å². The molecule has 1 unspecified atom stereocenters. The van der Waals surface area contributed by atoms with E-state index in [4.69, 9.17) is 0 Å². The number of hydrogen-bond acceptors (Lipinski definition) is 4. The number of carbonyl (C=O) groups is 2. The fourth-order valence-electron chi connectivity index (χ4n) is 2.88. The van der Waals surface area contributed by atoms with E-state index >= 15 is 0 Å². The molecule has 0 spiro atoms. The van der Waals surface area contributed by atoms with Gasteiger partial charge in [-0.25, -0.2) is 0 Å². The highest BCUT2D eigenvalue weighted by atomic mass is 16.2. The van der Waals surface area contributed by atoms with Gasteiger partial charge in [0.1, 0.15) is 11.0 Å². The number of Topliss-reactive ketones (excluding diaryl/α,β-unsaturated/α-hetero) is 1. The van der Waals surface area contributed by atoms with Gasteiger partial charge in [-0.2, -0.15) is 15.4 Å². The van der Waals surface area contributed by atoms with E-state index in [1.54, 1.807) is 23.1 Å². The van der Waals surface area contributed by atoms with E-state index in [2.05, 4.69) is 15.4 Å². The second kappa shape index (κ2) is 5.63. The molecule has 0 saturated carbocycles. The number of piperidine rings is 1. The van der Waals surface area contributed by atoms with Crippen LogP contribution in [0.2, 0.25) is 0 Å². The molecule has 1 fully saturated rings. The Morgan fingerprint density at radius 2 is 2.10 bits per heavy atom. The van der Waals surface area contributed by atoms with Crippen molar-refractivity contribution in [3.05, 3.63) is 23.8 Å². The van der Waals surface area contributed by atoms with Gasteiger partial charge in [0.2, 0.25) is 0 Å². The summed E-state index contributed by atoms with van der Waals surface area (Å²) in [4.78, 5) is 26.5. The lowest BCUT2D eigenvalue weighted by Gasteiger charge is -2.34. The minimum absolute atomic E-state index is 0.0913. The van der Waals surface area contributed by atoms with Gasteiger partial charge in [0.15, 0.2) is 5.78 Å². The van der Waals surface area contributed by atoms with Crippen molar-refractivity contribution in [1.29, 1.82) is 0 Å². The van der Waals surface area contributed by atoms with Crippen molar-refractivity contribution in [3.63, 3.8) is 0 Å². The number of H-pyrrole nitrogens is 1. The number of hydrogen-bond donors (Lipinski definition) is 1. The Hall–Kier alpha value is -2.24. The van der Waals surface area contributed by atoms with Gasteiger partial charge in [0.25, 0.3) is 5.91 Å². The van der Waals surface area contributed by atoms with E-state index in [1.165, 1.54) is 0 Å². The molecule has 2 heterocycles. The first kappa shape index (κ1) is 13.7. The molecule has 1 aliphatic heterocycles. The van der Waals surface area contributed by atoms with E-state index in [-0.39, 0.29) is 17.7 Å². The average Bonchev–Trinajstić information content (AvgIpc) is 3.01. The zero-order valence-corrected chi connectivity index (χ0v) is 12.0. The number of fused-ring (bicyclic) bond motifs is 1. The quantitative estimate of drug-likeness (QED) is 0.935. The van der Waals surface area contributed by atoms with Gasteiger partial charge in [-0.05, 0) is 37.5 Å². The number of nitrogens with zero attached hydrogens (tertiary/aromatic N) is 3. The first-order chi connectivity index (χ1) is 10.2. The Balaban J connectivity index is 1.89. The SMILES string of the molecule is CCC(=O)C1CCCCN1C(=O)c1ccc2n[nH]nc2c1. The summed E-state index contributed by atoms with van der Waals surface area (Å²) in [5, 5.41) is 10.5. The molecule has 1 aliphatic rings. The topological polar surface area (TPSA) is 79.0 Å². The first-order valence-electron chi connectivity index (χ1n) is 7.35. The Morgan fingerprint density at radius 3 is 2.90 bits per heavy atom. The third kappa shape index (κ3) is 2.53. The molecule has 0 radical (unpaired) electrons. The molecule has 110 valence electrons. The monoisotopic (exact) mass is 286 g/mol. The third-order valence-electron chi connectivity index (χ3n) is 4.05. The number of likely N-dealkylation sites (tertiary alicyclic amines) is 1. The molecule has 6 nitrogen and oxygen atoms in total. The molecule has 1 atom stereocenters. The Labute approximate surface area is 122 Å². The number of amides is 1. The van der Waals surface area contributed by atoms with Crippen LogP contribution in [0.5, 0.6) is 0 Å². The smallest absolute Gasteiger partial charge is 0.254 e. The van der Waals surface area contributed by atoms with Crippen LogP contribution in [0.15, 0.2) is 18.2 Å². The van der Waals surface area contributed by atoms with E-state index in [9.17, 15) is 9.59 Å². The highest BCUT2D eigenvalue weighted by Crippen LogP contribution is 2.22. The molecule has 1 aromatic carbocycles. The molecule has 0 aliphatic carbocycles. The summed E-state index contributed by atoms with van der Waals surface area (Å²) in [6, 6.07) is 4.97. The predicted molar refractivity (Wildman–Crippen MR) is 77.9 cm³/mol. The van der Waals surface area contributed by atoms with E-state index in [0.29, 0.717) is 24.0 Å². The second-order valence-corrected chi connectivity index (χ2v) is 5.36. The average molecular weight is 286 g/mol. The minimum Gasteiger partial charge on any atom is -0.329 e. The molecule has 0 bridgehead atoms. The van der Waals surface area contributed by atoms with Crippen LogP contribution < -0.4 is 0 Å². The summed E-state index contributed by atoms with van der Waals surface area (Å²) >= 11 is 0. The van der Waals surface area contributed by atoms with Crippen LogP contribution in [0.1, 0.15) is 43.0 Å².